The highest BCUT2D eigenvalue weighted by atomic mass is 32.1. The molecule has 2 aliphatic heterocycles. The van der Waals surface area contributed by atoms with Gasteiger partial charge in [0, 0.05) is 50.3 Å². The van der Waals surface area contributed by atoms with Gasteiger partial charge in [-0.2, -0.15) is 0 Å². The number of rotatable bonds is 7. The lowest BCUT2D eigenvalue weighted by Crippen LogP contribution is -2.39. The molecule has 2 aromatic rings. The summed E-state index contributed by atoms with van der Waals surface area (Å²) in [6, 6.07) is 8.68. The number of aryl methyl sites for hydroxylation is 1. The van der Waals surface area contributed by atoms with Crippen molar-refractivity contribution in [2.24, 2.45) is 0 Å². The number of morpholine rings is 1. The minimum Gasteiger partial charge on any atom is -0.379 e. The molecule has 0 amide bonds. The summed E-state index contributed by atoms with van der Waals surface area (Å²) in [7, 11) is 0. The second-order valence-electron chi connectivity index (χ2n) is 8.20. The van der Waals surface area contributed by atoms with Crippen LogP contribution in [-0.2, 0) is 11.3 Å². The van der Waals surface area contributed by atoms with E-state index in [4.69, 9.17) is 17.0 Å². The van der Waals surface area contributed by atoms with E-state index in [1.807, 2.05) is 12.3 Å². The minimum atomic E-state index is 0.0629. The highest BCUT2D eigenvalue weighted by molar-refractivity contribution is 7.80. The van der Waals surface area contributed by atoms with Crippen LogP contribution < -0.4 is 5.32 Å². The molecule has 2 aromatic heterocycles. The quantitative estimate of drug-likeness (QED) is 0.685. The van der Waals surface area contributed by atoms with Crippen molar-refractivity contribution in [1.29, 1.82) is 0 Å². The zero-order valence-corrected chi connectivity index (χ0v) is 19.1. The topological polar surface area (TPSA) is 45.6 Å². The Morgan fingerprint density at radius 2 is 2.00 bits per heavy atom. The minimum absolute atomic E-state index is 0.0629. The molecule has 1 N–H and O–H groups in total. The number of nitrogens with one attached hydrogen (secondary N) is 1. The molecule has 2 saturated heterocycles. The van der Waals surface area contributed by atoms with Crippen molar-refractivity contribution in [2.45, 2.75) is 45.8 Å². The van der Waals surface area contributed by atoms with E-state index >= 15 is 0 Å². The third-order valence-corrected chi connectivity index (χ3v) is 6.77. The van der Waals surface area contributed by atoms with Gasteiger partial charge in [0.2, 0.25) is 0 Å². The lowest BCUT2D eigenvalue weighted by atomic mass is 9.96. The molecule has 0 aliphatic carbocycles. The van der Waals surface area contributed by atoms with E-state index in [1.165, 1.54) is 17.0 Å². The number of pyridine rings is 1. The lowest BCUT2D eigenvalue weighted by molar-refractivity contribution is 0.0365. The number of hydrogen-bond donors (Lipinski definition) is 1. The maximum atomic E-state index is 5.82. The molecule has 0 unspecified atom stereocenters. The normalized spacial score (nSPS) is 22.5. The maximum absolute atomic E-state index is 5.82. The fourth-order valence-electron chi connectivity index (χ4n) is 4.89. The van der Waals surface area contributed by atoms with Gasteiger partial charge in [-0.05, 0) is 63.2 Å². The molecule has 162 valence electrons. The van der Waals surface area contributed by atoms with Crippen molar-refractivity contribution in [3.63, 3.8) is 0 Å². The smallest absolute Gasteiger partial charge is 0.170 e. The van der Waals surface area contributed by atoms with E-state index in [0.717, 1.165) is 63.2 Å². The summed E-state index contributed by atoms with van der Waals surface area (Å²) in [5.41, 5.74) is 5.02. The Hall–Kier alpha value is -1.96. The van der Waals surface area contributed by atoms with Crippen LogP contribution in [0.4, 0.5) is 0 Å². The van der Waals surface area contributed by atoms with Gasteiger partial charge in [0.15, 0.2) is 5.11 Å². The van der Waals surface area contributed by atoms with Gasteiger partial charge in [-0.3, -0.25) is 9.88 Å². The van der Waals surface area contributed by atoms with Crippen molar-refractivity contribution in [3.8, 4) is 0 Å². The number of ether oxygens (including phenoxy) is 1. The van der Waals surface area contributed by atoms with Gasteiger partial charge in [0.25, 0.3) is 0 Å². The van der Waals surface area contributed by atoms with Gasteiger partial charge in [-0.15, -0.1) is 0 Å². The lowest BCUT2D eigenvalue weighted by Gasteiger charge is -2.30. The molecule has 0 saturated carbocycles. The van der Waals surface area contributed by atoms with Crippen LogP contribution in [0.2, 0.25) is 0 Å². The van der Waals surface area contributed by atoms with Crippen LogP contribution in [0.5, 0.6) is 0 Å². The molecule has 6 nitrogen and oxygen atoms in total. The Bertz CT molecular complexity index is 862. The van der Waals surface area contributed by atoms with E-state index < -0.39 is 0 Å². The van der Waals surface area contributed by atoms with Crippen LogP contribution in [0.15, 0.2) is 30.5 Å². The number of thiocarbonyl (C=S) groups is 1. The fraction of sp³-hybridized carbons (Fsp3) is 0.565. The highest BCUT2D eigenvalue weighted by Gasteiger charge is 2.41. The summed E-state index contributed by atoms with van der Waals surface area (Å²) in [6.45, 7) is 13.4. The first kappa shape index (κ1) is 21.3. The average Bonchev–Trinajstić information content (AvgIpc) is 3.24. The molecule has 7 heteroatoms. The van der Waals surface area contributed by atoms with Gasteiger partial charge in [-0.25, -0.2) is 0 Å². The van der Waals surface area contributed by atoms with E-state index in [1.54, 1.807) is 0 Å². The van der Waals surface area contributed by atoms with Gasteiger partial charge in [-0.1, -0.05) is 6.07 Å². The first-order valence-corrected chi connectivity index (χ1v) is 11.5. The first-order valence-electron chi connectivity index (χ1n) is 11.0. The van der Waals surface area contributed by atoms with E-state index in [0.29, 0.717) is 0 Å². The predicted molar refractivity (Wildman–Crippen MR) is 124 cm³/mol. The zero-order chi connectivity index (χ0) is 21.1. The molecule has 4 heterocycles. The van der Waals surface area contributed by atoms with E-state index in [-0.39, 0.29) is 12.1 Å². The maximum Gasteiger partial charge on any atom is 0.170 e. The van der Waals surface area contributed by atoms with E-state index in [9.17, 15) is 0 Å². The Morgan fingerprint density at radius 1 is 1.20 bits per heavy atom. The zero-order valence-electron chi connectivity index (χ0n) is 18.3. The highest BCUT2D eigenvalue weighted by Crippen LogP contribution is 2.40. The van der Waals surface area contributed by atoms with Gasteiger partial charge >= 0.3 is 0 Å². The molecule has 30 heavy (non-hydrogen) atoms. The van der Waals surface area contributed by atoms with Crippen molar-refractivity contribution in [2.75, 3.05) is 39.4 Å². The summed E-state index contributed by atoms with van der Waals surface area (Å²) in [4.78, 5) is 9.54. The molecule has 0 bridgehead atoms. The first-order chi connectivity index (χ1) is 14.6. The average molecular weight is 428 g/mol. The predicted octanol–water partition coefficient (Wildman–Crippen LogP) is 3.21. The van der Waals surface area contributed by atoms with Crippen LogP contribution in [0, 0.1) is 13.8 Å². The van der Waals surface area contributed by atoms with Gasteiger partial charge in [0.05, 0.1) is 31.0 Å². The molecule has 4 rings (SSSR count). The molecule has 0 spiro atoms. The molecule has 2 aliphatic rings. The van der Waals surface area contributed by atoms with Crippen LogP contribution in [0.1, 0.15) is 48.1 Å². The van der Waals surface area contributed by atoms with Crippen molar-refractivity contribution >= 4 is 17.3 Å². The number of hydrogen-bond acceptors (Lipinski definition) is 4. The van der Waals surface area contributed by atoms with Crippen molar-refractivity contribution in [1.82, 2.24) is 24.7 Å². The third-order valence-electron chi connectivity index (χ3n) is 6.42. The monoisotopic (exact) mass is 427 g/mol. The third kappa shape index (κ3) is 4.24. The van der Waals surface area contributed by atoms with Gasteiger partial charge in [0.1, 0.15) is 0 Å². The van der Waals surface area contributed by atoms with Crippen LogP contribution in [0.3, 0.4) is 0 Å². The van der Waals surface area contributed by atoms with Gasteiger partial charge < -0.3 is 19.5 Å². The Labute approximate surface area is 185 Å². The largest absolute Gasteiger partial charge is 0.379 e. The molecular weight excluding hydrogens is 394 g/mol. The molecular formula is C23H33N5OS. The standard InChI is InChI=1S/C23H33N5OS/c1-4-27-17(2)16-19(18(27)3)22-21(20-8-5-6-9-24-20)25-23(30)28(22)11-7-10-26-12-14-29-15-13-26/h5-6,8-9,16,21-22H,4,7,10-15H2,1-3H3,(H,25,30)/t21-,22+/m0/s1. The molecule has 0 aromatic carbocycles. The summed E-state index contributed by atoms with van der Waals surface area (Å²) in [6.07, 6.45) is 2.95. The summed E-state index contributed by atoms with van der Waals surface area (Å²) < 4.78 is 7.87. The summed E-state index contributed by atoms with van der Waals surface area (Å²) in [5, 5.41) is 4.42. The van der Waals surface area contributed by atoms with Crippen LogP contribution >= 0.6 is 12.2 Å². The Kier molecular flexibility index (Phi) is 6.71. The molecule has 2 atom stereocenters. The molecule has 2 fully saturated rings. The summed E-state index contributed by atoms with van der Waals surface area (Å²) in [5.74, 6) is 0. The Morgan fingerprint density at radius 3 is 2.67 bits per heavy atom. The summed E-state index contributed by atoms with van der Waals surface area (Å²) >= 11 is 5.82. The Balaban J connectivity index is 1.59. The fourth-order valence-corrected chi connectivity index (χ4v) is 5.22. The number of aromatic nitrogens is 2. The van der Waals surface area contributed by atoms with Crippen LogP contribution in [-0.4, -0.2) is 63.9 Å². The second kappa shape index (κ2) is 9.45. The second-order valence-corrected chi connectivity index (χ2v) is 8.58. The number of nitrogens with zero attached hydrogens (tertiary/aromatic N) is 4. The molecule has 0 radical (unpaired) electrons. The van der Waals surface area contributed by atoms with E-state index in [2.05, 4.69) is 63.6 Å². The SMILES string of the molecule is CCn1c(C)cc([C@@H]2[C@H](c3ccccn3)NC(=S)N2CCCN2CCOCC2)c1C. The van der Waals surface area contributed by atoms with Crippen molar-refractivity contribution < 1.29 is 4.74 Å². The van der Waals surface area contributed by atoms with Crippen LogP contribution in [0.25, 0.3) is 0 Å². The van der Waals surface area contributed by atoms with Crippen molar-refractivity contribution in [3.05, 3.63) is 53.1 Å².